The third-order valence-electron chi connectivity index (χ3n) is 2.82. The van der Waals surface area contributed by atoms with Gasteiger partial charge < -0.3 is 10.5 Å². The van der Waals surface area contributed by atoms with Gasteiger partial charge in [0, 0.05) is 5.56 Å². The number of rotatable bonds is 6. The second kappa shape index (κ2) is 7.17. The molecule has 0 bridgehead atoms. The number of carbonyl (C=O) groups excluding carboxylic acids is 2. The van der Waals surface area contributed by atoms with Gasteiger partial charge in [-0.3, -0.25) is 9.59 Å². The van der Waals surface area contributed by atoms with E-state index in [1.54, 1.807) is 42.5 Å². The molecule has 2 N–H and O–H groups in total. The summed E-state index contributed by atoms with van der Waals surface area (Å²) in [7, 11) is 0. The van der Waals surface area contributed by atoms with Gasteiger partial charge in [0.2, 0.25) is 0 Å². The lowest BCUT2D eigenvalue weighted by Crippen LogP contribution is -2.19. The number of ether oxygens (including phenoxy) is 1. The van der Waals surface area contributed by atoms with Crippen LogP contribution in [0.15, 0.2) is 54.6 Å². The molecule has 0 aliphatic heterocycles. The Hall–Kier alpha value is -2.95. The summed E-state index contributed by atoms with van der Waals surface area (Å²) in [5.41, 5.74) is 6.18. The molecule has 0 spiro atoms. The molecule has 0 aromatic heterocycles. The number of hydrogen-bond donors (Lipinski definition) is 1. The number of carbonyl (C=O) groups is 2. The van der Waals surface area contributed by atoms with Gasteiger partial charge in [0.05, 0.1) is 0 Å². The maximum Gasteiger partial charge on any atom is 0.255 e. The Kier molecular flexibility index (Phi) is 5.03. The average Bonchev–Trinajstić information content (AvgIpc) is 2.52. The monoisotopic (exact) mass is 299 g/mol. The van der Waals surface area contributed by atoms with Crippen molar-refractivity contribution >= 4 is 17.8 Å². The Labute approximate surface area is 127 Å². The van der Waals surface area contributed by atoms with E-state index in [0.717, 1.165) is 5.56 Å². The smallest absolute Gasteiger partial charge is 0.255 e. The number of hydrogen-bond acceptors (Lipinski definition) is 3. The molecule has 2 aromatic rings. The van der Waals surface area contributed by atoms with Crippen LogP contribution in [0, 0.1) is 5.82 Å². The summed E-state index contributed by atoms with van der Waals surface area (Å²) < 4.78 is 17.9. The molecular formula is C17H14FNO3. The van der Waals surface area contributed by atoms with E-state index in [0.29, 0.717) is 11.3 Å². The summed E-state index contributed by atoms with van der Waals surface area (Å²) in [6.45, 7) is -0.211. The number of benzene rings is 2. The zero-order valence-corrected chi connectivity index (χ0v) is 11.7. The second-order valence-electron chi connectivity index (χ2n) is 4.53. The molecule has 4 nitrogen and oxygen atoms in total. The lowest BCUT2D eigenvalue weighted by Gasteiger charge is -2.03. The number of primary amides is 1. The highest BCUT2D eigenvalue weighted by atomic mass is 19.1. The molecule has 0 heterocycles. The minimum absolute atomic E-state index is 0.189. The highest BCUT2D eigenvalue weighted by molar-refractivity contribution is 6.06. The minimum Gasteiger partial charge on any atom is -0.484 e. The van der Waals surface area contributed by atoms with Crippen LogP contribution < -0.4 is 10.5 Å². The quantitative estimate of drug-likeness (QED) is 0.658. The van der Waals surface area contributed by atoms with Gasteiger partial charge in [0.15, 0.2) is 12.4 Å². The zero-order valence-electron chi connectivity index (χ0n) is 11.7. The van der Waals surface area contributed by atoms with E-state index in [9.17, 15) is 14.0 Å². The highest BCUT2D eigenvalue weighted by Gasteiger charge is 2.03. The van der Waals surface area contributed by atoms with Gasteiger partial charge in [-0.1, -0.05) is 18.2 Å². The van der Waals surface area contributed by atoms with Gasteiger partial charge >= 0.3 is 0 Å². The summed E-state index contributed by atoms with van der Waals surface area (Å²) >= 11 is 0. The largest absolute Gasteiger partial charge is 0.484 e. The molecule has 5 heteroatoms. The van der Waals surface area contributed by atoms with E-state index in [-0.39, 0.29) is 18.2 Å². The van der Waals surface area contributed by atoms with Crippen LogP contribution in [0.5, 0.6) is 5.75 Å². The standard InChI is InChI=1S/C17H14FNO3/c18-14-6-1-12(2-7-14)3-10-16(20)13-4-8-15(9-5-13)22-11-17(19)21/h1-10H,11H2,(H2,19,21)/b10-3+. The number of ketones is 1. The van der Waals surface area contributed by atoms with Crippen molar-refractivity contribution in [1.82, 2.24) is 0 Å². The van der Waals surface area contributed by atoms with Crippen molar-refractivity contribution in [2.45, 2.75) is 0 Å². The SMILES string of the molecule is NC(=O)COc1ccc(C(=O)/C=C/c2ccc(F)cc2)cc1. The predicted octanol–water partition coefficient (Wildman–Crippen LogP) is 2.59. The first-order chi connectivity index (χ1) is 10.5. The van der Waals surface area contributed by atoms with E-state index in [4.69, 9.17) is 10.5 Å². The zero-order chi connectivity index (χ0) is 15.9. The molecule has 0 atom stereocenters. The molecule has 0 saturated heterocycles. The first-order valence-electron chi connectivity index (χ1n) is 6.54. The van der Waals surface area contributed by atoms with E-state index >= 15 is 0 Å². The van der Waals surface area contributed by atoms with Crippen molar-refractivity contribution in [3.8, 4) is 5.75 Å². The van der Waals surface area contributed by atoms with Crippen molar-refractivity contribution in [2.24, 2.45) is 5.73 Å². The molecule has 2 aromatic carbocycles. The third kappa shape index (κ3) is 4.56. The molecular weight excluding hydrogens is 285 g/mol. The molecule has 0 aliphatic rings. The van der Waals surface area contributed by atoms with E-state index in [2.05, 4.69) is 0 Å². The van der Waals surface area contributed by atoms with Crippen LogP contribution in [0.1, 0.15) is 15.9 Å². The fourth-order valence-electron chi connectivity index (χ4n) is 1.71. The number of nitrogens with two attached hydrogens (primary N) is 1. The molecule has 2 rings (SSSR count). The van der Waals surface area contributed by atoms with Crippen molar-refractivity contribution in [3.05, 3.63) is 71.6 Å². The summed E-state index contributed by atoms with van der Waals surface area (Å²) in [6, 6.07) is 12.2. The van der Waals surface area contributed by atoms with Crippen LogP contribution in [0.3, 0.4) is 0 Å². The first-order valence-corrected chi connectivity index (χ1v) is 6.54. The topological polar surface area (TPSA) is 69.4 Å². The number of amides is 1. The third-order valence-corrected chi connectivity index (χ3v) is 2.82. The molecule has 0 radical (unpaired) electrons. The molecule has 0 fully saturated rings. The minimum atomic E-state index is -0.567. The molecule has 112 valence electrons. The maximum atomic E-state index is 12.8. The van der Waals surface area contributed by atoms with Gasteiger partial charge in [0.25, 0.3) is 5.91 Å². The normalized spacial score (nSPS) is 10.6. The number of halogens is 1. The van der Waals surface area contributed by atoms with Crippen molar-refractivity contribution in [3.63, 3.8) is 0 Å². The van der Waals surface area contributed by atoms with Crippen LogP contribution in [0.4, 0.5) is 4.39 Å². The average molecular weight is 299 g/mol. The molecule has 0 aliphatic carbocycles. The number of allylic oxidation sites excluding steroid dienone is 1. The van der Waals surface area contributed by atoms with Gasteiger partial charge in [-0.2, -0.15) is 0 Å². The van der Waals surface area contributed by atoms with Crippen LogP contribution in [0.2, 0.25) is 0 Å². The molecule has 0 unspecified atom stereocenters. The van der Waals surface area contributed by atoms with Gasteiger partial charge in [-0.05, 0) is 48.0 Å². The van der Waals surface area contributed by atoms with E-state index in [1.807, 2.05) is 0 Å². The summed E-state index contributed by atoms with van der Waals surface area (Å²) in [4.78, 5) is 22.6. The summed E-state index contributed by atoms with van der Waals surface area (Å²) in [6.07, 6.45) is 3.02. The van der Waals surface area contributed by atoms with E-state index in [1.165, 1.54) is 18.2 Å². The van der Waals surface area contributed by atoms with Crippen molar-refractivity contribution in [2.75, 3.05) is 6.61 Å². The van der Waals surface area contributed by atoms with Crippen molar-refractivity contribution < 1.29 is 18.7 Å². The summed E-state index contributed by atoms with van der Waals surface area (Å²) in [5, 5.41) is 0. The van der Waals surface area contributed by atoms with Crippen molar-refractivity contribution in [1.29, 1.82) is 0 Å². The Morgan fingerprint density at radius 2 is 1.68 bits per heavy atom. The lowest BCUT2D eigenvalue weighted by atomic mass is 10.1. The summed E-state index contributed by atoms with van der Waals surface area (Å²) in [5.74, 6) is -0.624. The second-order valence-corrected chi connectivity index (χ2v) is 4.53. The maximum absolute atomic E-state index is 12.8. The van der Waals surface area contributed by atoms with Gasteiger partial charge in [0.1, 0.15) is 11.6 Å². The fraction of sp³-hybridized carbons (Fsp3) is 0.0588. The Bertz CT molecular complexity index is 691. The van der Waals surface area contributed by atoms with Gasteiger partial charge in [-0.15, -0.1) is 0 Å². The predicted molar refractivity (Wildman–Crippen MR) is 80.9 cm³/mol. The van der Waals surface area contributed by atoms with Crippen LogP contribution in [-0.4, -0.2) is 18.3 Å². The lowest BCUT2D eigenvalue weighted by molar-refractivity contribution is -0.119. The van der Waals surface area contributed by atoms with Crippen LogP contribution in [0.25, 0.3) is 6.08 Å². The van der Waals surface area contributed by atoms with Crippen LogP contribution in [-0.2, 0) is 4.79 Å². The molecule has 1 amide bonds. The Balaban J connectivity index is 2.00. The Morgan fingerprint density at radius 1 is 1.05 bits per heavy atom. The first kappa shape index (κ1) is 15.4. The fourth-order valence-corrected chi connectivity index (χ4v) is 1.71. The molecule has 0 saturated carbocycles. The highest BCUT2D eigenvalue weighted by Crippen LogP contribution is 2.13. The Morgan fingerprint density at radius 3 is 2.27 bits per heavy atom. The van der Waals surface area contributed by atoms with Gasteiger partial charge in [-0.25, -0.2) is 4.39 Å². The molecule has 22 heavy (non-hydrogen) atoms. The van der Waals surface area contributed by atoms with E-state index < -0.39 is 5.91 Å². The van der Waals surface area contributed by atoms with Crippen LogP contribution >= 0.6 is 0 Å².